The third-order valence-electron chi connectivity index (χ3n) is 4.86. The average molecular weight is 434 g/mol. The van der Waals surface area contributed by atoms with E-state index in [4.69, 9.17) is 0 Å². The van der Waals surface area contributed by atoms with E-state index in [1.54, 1.807) is 38.4 Å². The van der Waals surface area contributed by atoms with E-state index in [-0.39, 0.29) is 30.0 Å². The number of aryl methyl sites for hydroxylation is 2. The molecule has 11 heteroatoms. The average Bonchev–Trinajstić information content (AvgIpc) is 3.20. The Hall–Kier alpha value is -4.28. The van der Waals surface area contributed by atoms with Crippen molar-refractivity contribution in [3.63, 3.8) is 0 Å². The zero-order chi connectivity index (χ0) is 22.7. The second kappa shape index (κ2) is 8.84. The van der Waals surface area contributed by atoms with E-state index in [9.17, 15) is 14.0 Å². The molecule has 0 aliphatic carbocycles. The smallest absolute Gasteiger partial charge is 0.254 e. The first-order chi connectivity index (χ1) is 15.4. The second-order valence-corrected chi connectivity index (χ2v) is 7.07. The number of rotatable bonds is 6. The molecular weight excluding hydrogens is 415 g/mol. The van der Waals surface area contributed by atoms with Crippen LogP contribution in [0.25, 0.3) is 17.1 Å². The molecule has 0 saturated heterocycles. The summed E-state index contributed by atoms with van der Waals surface area (Å²) in [4.78, 5) is 36.1. The van der Waals surface area contributed by atoms with Gasteiger partial charge in [0.25, 0.3) is 5.56 Å². The number of halogens is 1. The Morgan fingerprint density at radius 2 is 1.97 bits per heavy atom. The lowest BCUT2D eigenvalue weighted by Gasteiger charge is -2.10. The monoisotopic (exact) mass is 434 g/mol. The molecule has 0 aliphatic heterocycles. The standard InChI is InChI=1S/C21H19FN8O2/c1-12-16(21(32)26-20(24-12)14-7-9-23-10-8-14)4-6-19(31)25-15-3-5-17(22)18(11-15)30-13(2)27-28-29-30/h3,5,7-11H,4,6H2,1-2H3,(H,25,31)(H,24,26,32). The van der Waals surface area contributed by atoms with Crippen LogP contribution < -0.4 is 10.9 Å². The number of carbonyl (C=O) groups excluding carboxylic acids is 1. The number of nitrogens with zero attached hydrogens (tertiary/aromatic N) is 6. The van der Waals surface area contributed by atoms with Gasteiger partial charge in [0, 0.05) is 41.3 Å². The molecule has 0 radical (unpaired) electrons. The summed E-state index contributed by atoms with van der Waals surface area (Å²) in [6, 6.07) is 7.61. The number of benzene rings is 1. The molecule has 3 heterocycles. The SMILES string of the molecule is Cc1nc(-c2ccncc2)[nH]c(=O)c1CCC(=O)Nc1ccc(F)c(-n2nnnc2C)c1. The van der Waals surface area contributed by atoms with Gasteiger partial charge in [0.1, 0.15) is 17.3 Å². The molecule has 10 nitrogen and oxygen atoms in total. The first kappa shape index (κ1) is 21.0. The molecule has 4 aromatic rings. The quantitative estimate of drug-likeness (QED) is 0.475. The third-order valence-corrected chi connectivity index (χ3v) is 4.86. The number of hydrogen-bond acceptors (Lipinski definition) is 7. The van der Waals surface area contributed by atoms with Crippen molar-refractivity contribution in [2.45, 2.75) is 26.7 Å². The first-order valence-electron chi connectivity index (χ1n) is 9.77. The van der Waals surface area contributed by atoms with Crippen molar-refractivity contribution in [1.29, 1.82) is 0 Å². The lowest BCUT2D eigenvalue weighted by atomic mass is 10.1. The van der Waals surface area contributed by atoms with E-state index in [0.29, 0.717) is 28.6 Å². The number of nitrogens with one attached hydrogen (secondary N) is 2. The maximum absolute atomic E-state index is 14.2. The van der Waals surface area contributed by atoms with Gasteiger partial charge in [0.05, 0.1) is 0 Å². The van der Waals surface area contributed by atoms with Gasteiger partial charge in [-0.05, 0) is 61.0 Å². The summed E-state index contributed by atoms with van der Waals surface area (Å²) in [5.74, 6) is -0.00134. The Labute approximate surface area is 181 Å². The molecular formula is C21H19FN8O2. The largest absolute Gasteiger partial charge is 0.326 e. The fourth-order valence-corrected chi connectivity index (χ4v) is 3.22. The van der Waals surface area contributed by atoms with Crippen molar-refractivity contribution in [3.05, 3.63) is 76.0 Å². The lowest BCUT2D eigenvalue weighted by Crippen LogP contribution is -2.20. The van der Waals surface area contributed by atoms with Gasteiger partial charge in [0.15, 0.2) is 5.82 Å². The number of H-pyrrole nitrogens is 1. The van der Waals surface area contributed by atoms with Crippen LogP contribution >= 0.6 is 0 Å². The molecule has 0 bridgehead atoms. The minimum Gasteiger partial charge on any atom is -0.326 e. The first-order valence-corrected chi connectivity index (χ1v) is 9.77. The Balaban J connectivity index is 1.46. The number of amides is 1. The van der Waals surface area contributed by atoms with E-state index < -0.39 is 5.82 Å². The number of anilines is 1. The molecule has 1 amide bonds. The van der Waals surface area contributed by atoms with E-state index >= 15 is 0 Å². The normalized spacial score (nSPS) is 10.8. The van der Waals surface area contributed by atoms with Gasteiger partial charge in [-0.3, -0.25) is 14.6 Å². The van der Waals surface area contributed by atoms with Crippen LogP contribution in [0, 0.1) is 19.7 Å². The van der Waals surface area contributed by atoms with Gasteiger partial charge in [-0.1, -0.05) is 0 Å². The predicted octanol–water partition coefficient (Wildman–Crippen LogP) is 2.13. The van der Waals surface area contributed by atoms with Crippen LogP contribution in [-0.2, 0) is 11.2 Å². The molecule has 0 unspecified atom stereocenters. The van der Waals surface area contributed by atoms with Gasteiger partial charge in [-0.2, -0.15) is 4.68 Å². The molecule has 4 rings (SSSR count). The Kier molecular flexibility index (Phi) is 5.79. The van der Waals surface area contributed by atoms with Crippen LogP contribution in [0.15, 0.2) is 47.5 Å². The van der Waals surface area contributed by atoms with Crippen molar-refractivity contribution in [2.24, 2.45) is 0 Å². The minimum absolute atomic E-state index is 0.0524. The van der Waals surface area contributed by atoms with E-state index in [1.807, 2.05) is 0 Å². The summed E-state index contributed by atoms with van der Waals surface area (Å²) >= 11 is 0. The number of aromatic nitrogens is 7. The molecule has 0 aliphatic rings. The Morgan fingerprint density at radius 3 is 2.66 bits per heavy atom. The van der Waals surface area contributed by atoms with Crippen molar-refractivity contribution >= 4 is 11.6 Å². The van der Waals surface area contributed by atoms with Crippen LogP contribution in [0.3, 0.4) is 0 Å². The van der Waals surface area contributed by atoms with Crippen LogP contribution in [-0.4, -0.2) is 41.1 Å². The highest BCUT2D eigenvalue weighted by atomic mass is 19.1. The fraction of sp³-hybridized carbons (Fsp3) is 0.190. The highest BCUT2D eigenvalue weighted by Gasteiger charge is 2.14. The van der Waals surface area contributed by atoms with E-state index in [0.717, 1.165) is 5.56 Å². The van der Waals surface area contributed by atoms with Crippen molar-refractivity contribution in [2.75, 3.05) is 5.32 Å². The second-order valence-electron chi connectivity index (χ2n) is 7.07. The minimum atomic E-state index is -0.527. The van der Waals surface area contributed by atoms with E-state index in [2.05, 4.69) is 35.8 Å². The zero-order valence-corrected chi connectivity index (χ0v) is 17.3. The van der Waals surface area contributed by atoms with E-state index in [1.165, 1.54) is 22.9 Å². The van der Waals surface area contributed by atoms with Gasteiger partial charge in [-0.15, -0.1) is 5.10 Å². The number of pyridine rings is 1. The molecule has 2 N–H and O–H groups in total. The molecule has 0 saturated carbocycles. The third kappa shape index (κ3) is 4.41. The lowest BCUT2D eigenvalue weighted by molar-refractivity contribution is -0.116. The number of tetrazole rings is 1. The van der Waals surface area contributed by atoms with Crippen LogP contribution in [0.1, 0.15) is 23.5 Å². The van der Waals surface area contributed by atoms with Gasteiger partial charge in [0.2, 0.25) is 5.91 Å². The van der Waals surface area contributed by atoms with Crippen molar-refractivity contribution in [1.82, 2.24) is 35.2 Å². The van der Waals surface area contributed by atoms with Crippen molar-refractivity contribution in [3.8, 4) is 17.1 Å². The summed E-state index contributed by atoms with van der Waals surface area (Å²) in [7, 11) is 0. The summed E-state index contributed by atoms with van der Waals surface area (Å²) < 4.78 is 15.4. The maximum Gasteiger partial charge on any atom is 0.254 e. The topological polar surface area (TPSA) is 131 Å². The number of aromatic amines is 1. The highest BCUT2D eigenvalue weighted by molar-refractivity contribution is 5.91. The molecule has 0 spiro atoms. The van der Waals surface area contributed by atoms with Gasteiger partial charge in [-0.25, -0.2) is 9.37 Å². The summed E-state index contributed by atoms with van der Waals surface area (Å²) in [6.45, 7) is 3.37. The summed E-state index contributed by atoms with van der Waals surface area (Å²) in [6.07, 6.45) is 3.49. The molecule has 0 fully saturated rings. The van der Waals surface area contributed by atoms with Crippen LogP contribution in [0.5, 0.6) is 0 Å². The van der Waals surface area contributed by atoms with Crippen LogP contribution in [0.2, 0.25) is 0 Å². The fourth-order valence-electron chi connectivity index (χ4n) is 3.22. The molecule has 3 aromatic heterocycles. The number of carbonyl (C=O) groups is 1. The molecule has 1 aromatic carbocycles. The van der Waals surface area contributed by atoms with Crippen molar-refractivity contribution < 1.29 is 9.18 Å². The maximum atomic E-state index is 14.2. The Bertz CT molecular complexity index is 1330. The summed E-state index contributed by atoms with van der Waals surface area (Å²) in [5, 5.41) is 13.7. The zero-order valence-electron chi connectivity index (χ0n) is 17.3. The number of hydrogen-bond donors (Lipinski definition) is 2. The van der Waals surface area contributed by atoms with Crippen LogP contribution in [0.4, 0.5) is 10.1 Å². The summed E-state index contributed by atoms with van der Waals surface area (Å²) in [5.41, 5.74) is 1.94. The molecule has 0 atom stereocenters. The highest BCUT2D eigenvalue weighted by Crippen LogP contribution is 2.19. The molecule has 162 valence electrons. The predicted molar refractivity (Wildman–Crippen MR) is 114 cm³/mol. The van der Waals surface area contributed by atoms with Gasteiger partial charge < -0.3 is 10.3 Å². The molecule has 32 heavy (non-hydrogen) atoms. The Morgan fingerprint density at radius 1 is 1.19 bits per heavy atom. The van der Waals surface area contributed by atoms with Gasteiger partial charge >= 0.3 is 0 Å².